The molecule has 1 fully saturated rings. The van der Waals surface area contributed by atoms with E-state index in [1.54, 1.807) is 7.11 Å². The van der Waals surface area contributed by atoms with Crippen molar-refractivity contribution < 1.29 is 9.53 Å². The topological polar surface area (TPSA) is 64.3 Å². The number of carbonyl (C=O) groups is 1. The number of nitrogens with two attached hydrogens (primary N) is 1. The number of rotatable bonds is 6. The van der Waals surface area contributed by atoms with Gasteiger partial charge in [0.15, 0.2) is 0 Å². The Balaban J connectivity index is 0.00000220. The predicted molar refractivity (Wildman–Crippen MR) is 86.9 cm³/mol. The van der Waals surface area contributed by atoms with Crippen molar-refractivity contribution in [2.75, 3.05) is 20.2 Å². The molecule has 0 aromatic heterocycles. The first-order chi connectivity index (χ1) is 9.72. The van der Waals surface area contributed by atoms with E-state index < -0.39 is 0 Å². The summed E-state index contributed by atoms with van der Waals surface area (Å²) in [6, 6.07) is 7.90. The third-order valence-electron chi connectivity index (χ3n) is 4.31. The highest BCUT2D eigenvalue weighted by Crippen LogP contribution is 2.37. The average molecular weight is 313 g/mol. The molecule has 5 heteroatoms. The first-order valence-corrected chi connectivity index (χ1v) is 7.32. The molecule has 118 valence electrons. The molecule has 0 spiro atoms. The van der Waals surface area contributed by atoms with Crippen LogP contribution in [-0.4, -0.2) is 26.1 Å². The van der Waals surface area contributed by atoms with E-state index >= 15 is 0 Å². The number of benzene rings is 1. The van der Waals surface area contributed by atoms with Crippen molar-refractivity contribution in [3.05, 3.63) is 29.8 Å². The number of carbonyl (C=O) groups excluding carboxylic acids is 1. The maximum absolute atomic E-state index is 12.3. The molecule has 0 aliphatic heterocycles. The second-order valence-corrected chi connectivity index (χ2v) is 5.51. The van der Waals surface area contributed by atoms with Crippen molar-refractivity contribution in [2.45, 2.75) is 32.1 Å². The lowest BCUT2D eigenvalue weighted by molar-refractivity contribution is -0.130. The van der Waals surface area contributed by atoms with Gasteiger partial charge in [0.25, 0.3) is 0 Å². The lowest BCUT2D eigenvalue weighted by Crippen LogP contribution is -2.44. The van der Waals surface area contributed by atoms with E-state index in [0.717, 1.165) is 43.4 Å². The Morgan fingerprint density at radius 1 is 1.33 bits per heavy atom. The second kappa shape index (κ2) is 8.25. The first kappa shape index (κ1) is 17.8. The van der Waals surface area contributed by atoms with E-state index in [0.29, 0.717) is 13.1 Å². The summed E-state index contributed by atoms with van der Waals surface area (Å²) in [5.74, 6) is 0.989. The quantitative estimate of drug-likeness (QED) is 0.847. The van der Waals surface area contributed by atoms with Crippen molar-refractivity contribution in [3.8, 4) is 5.75 Å². The number of ether oxygens (including phenoxy) is 1. The molecule has 0 atom stereocenters. The fourth-order valence-corrected chi connectivity index (χ4v) is 2.98. The van der Waals surface area contributed by atoms with E-state index in [4.69, 9.17) is 10.5 Å². The van der Waals surface area contributed by atoms with E-state index in [2.05, 4.69) is 5.32 Å². The summed E-state index contributed by atoms with van der Waals surface area (Å²) in [5.41, 5.74) is 6.61. The number of hydrogen-bond donors (Lipinski definition) is 2. The molecule has 0 saturated heterocycles. The first-order valence-electron chi connectivity index (χ1n) is 7.32. The van der Waals surface area contributed by atoms with Gasteiger partial charge >= 0.3 is 0 Å². The Bertz CT molecular complexity index is 459. The van der Waals surface area contributed by atoms with Crippen molar-refractivity contribution in [3.63, 3.8) is 0 Å². The Morgan fingerprint density at radius 2 is 2.00 bits per heavy atom. The zero-order valence-corrected chi connectivity index (χ0v) is 13.4. The third-order valence-corrected chi connectivity index (χ3v) is 4.31. The molecule has 1 amide bonds. The summed E-state index contributed by atoms with van der Waals surface area (Å²) >= 11 is 0. The van der Waals surface area contributed by atoms with Gasteiger partial charge in [-0.25, -0.2) is 0 Å². The maximum atomic E-state index is 12.3. The molecular weight excluding hydrogens is 288 g/mol. The molecule has 4 nitrogen and oxygen atoms in total. The molecule has 1 saturated carbocycles. The summed E-state index contributed by atoms with van der Waals surface area (Å²) in [4.78, 5) is 12.3. The zero-order chi connectivity index (χ0) is 14.4. The number of methoxy groups -OCH3 is 1. The fraction of sp³-hybridized carbons (Fsp3) is 0.562. The van der Waals surface area contributed by atoms with Gasteiger partial charge in [-0.2, -0.15) is 0 Å². The van der Waals surface area contributed by atoms with Crippen LogP contribution >= 0.6 is 12.4 Å². The van der Waals surface area contributed by atoms with Crippen LogP contribution < -0.4 is 15.8 Å². The minimum Gasteiger partial charge on any atom is -0.496 e. The van der Waals surface area contributed by atoms with Gasteiger partial charge in [0, 0.05) is 13.1 Å². The van der Waals surface area contributed by atoms with Crippen molar-refractivity contribution >= 4 is 18.3 Å². The molecular formula is C16H25ClN2O2. The van der Waals surface area contributed by atoms with Gasteiger partial charge in [-0.05, 0) is 30.9 Å². The molecule has 0 bridgehead atoms. The van der Waals surface area contributed by atoms with Crippen molar-refractivity contribution in [1.82, 2.24) is 5.32 Å². The smallest absolute Gasteiger partial charge is 0.227 e. The lowest BCUT2D eigenvalue weighted by Gasteiger charge is -2.25. The lowest BCUT2D eigenvalue weighted by atomic mass is 9.85. The summed E-state index contributed by atoms with van der Waals surface area (Å²) in [6.45, 7) is 1.08. The molecule has 1 aliphatic rings. The Hall–Kier alpha value is -1.26. The summed E-state index contributed by atoms with van der Waals surface area (Å²) in [5, 5.41) is 3.04. The van der Waals surface area contributed by atoms with Crippen LogP contribution in [0, 0.1) is 5.41 Å². The monoisotopic (exact) mass is 312 g/mol. The number of hydrogen-bond acceptors (Lipinski definition) is 3. The third kappa shape index (κ3) is 4.11. The van der Waals surface area contributed by atoms with Crippen LogP contribution in [0.1, 0.15) is 31.2 Å². The molecule has 0 unspecified atom stereocenters. The van der Waals surface area contributed by atoms with Gasteiger partial charge in [-0.1, -0.05) is 31.0 Å². The number of amides is 1. The minimum absolute atomic E-state index is 0. The molecule has 3 N–H and O–H groups in total. The van der Waals surface area contributed by atoms with Gasteiger partial charge < -0.3 is 15.8 Å². The predicted octanol–water partition coefficient (Wildman–Crippen LogP) is 2.29. The van der Waals surface area contributed by atoms with E-state index in [-0.39, 0.29) is 23.7 Å². The summed E-state index contributed by atoms with van der Waals surface area (Å²) in [7, 11) is 1.67. The van der Waals surface area contributed by atoms with Crippen LogP contribution in [-0.2, 0) is 11.2 Å². The second-order valence-electron chi connectivity index (χ2n) is 5.51. The van der Waals surface area contributed by atoms with Gasteiger partial charge in [-0.15, -0.1) is 12.4 Å². The van der Waals surface area contributed by atoms with Crippen LogP contribution in [0.2, 0.25) is 0 Å². The van der Waals surface area contributed by atoms with Crippen LogP contribution in [0.15, 0.2) is 24.3 Å². The van der Waals surface area contributed by atoms with Crippen molar-refractivity contribution in [2.24, 2.45) is 11.1 Å². The maximum Gasteiger partial charge on any atom is 0.227 e. The minimum atomic E-state index is -0.319. The molecule has 1 aliphatic carbocycles. The Kier molecular flexibility index (Phi) is 6.99. The number of nitrogens with one attached hydrogen (secondary N) is 1. The van der Waals surface area contributed by atoms with Gasteiger partial charge in [0.05, 0.1) is 12.5 Å². The highest BCUT2D eigenvalue weighted by atomic mass is 35.5. The van der Waals surface area contributed by atoms with Crippen LogP contribution in [0.25, 0.3) is 0 Å². The highest BCUT2D eigenvalue weighted by Gasteiger charge is 2.39. The molecule has 0 radical (unpaired) electrons. The van der Waals surface area contributed by atoms with Crippen molar-refractivity contribution in [1.29, 1.82) is 0 Å². The van der Waals surface area contributed by atoms with Crippen LogP contribution in [0.4, 0.5) is 0 Å². The number of halogens is 1. The Morgan fingerprint density at radius 3 is 2.62 bits per heavy atom. The molecule has 2 rings (SSSR count). The fourth-order valence-electron chi connectivity index (χ4n) is 2.98. The standard InChI is InChI=1S/C16H24N2O2.ClH/c1-20-14-7-3-2-6-13(14)8-11-18-15(19)16(12-17)9-4-5-10-16;/h2-3,6-7H,4-5,8-12,17H2,1H3,(H,18,19);1H. The SMILES string of the molecule is COc1ccccc1CCNC(=O)C1(CN)CCCC1.Cl. The summed E-state index contributed by atoms with van der Waals surface area (Å²) in [6.07, 6.45) is 4.83. The van der Waals surface area contributed by atoms with Crippen LogP contribution in [0.3, 0.4) is 0 Å². The summed E-state index contributed by atoms with van der Waals surface area (Å²) < 4.78 is 5.31. The Labute approximate surface area is 132 Å². The van der Waals surface area contributed by atoms with E-state index in [1.807, 2.05) is 24.3 Å². The molecule has 0 heterocycles. The highest BCUT2D eigenvalue weighted by molar-refractivity contribution is 5.85. The normalized spacial score (nSPS) is 16.1. The molecule has 1 aromatic carbocycles. The number of para-hydroxylation sites is 1. The van der Waals surface area contributed by atoms with Gasteiger partial charge in [0.2, 0.25) is 5.91 Å². The molecule has 1 aromatic rings. The molecule has 21 heavy (non-hydrogen) atoms. The zero-order valence-electron chi connectivity index (χ0n) is 12.6. The van der Waals surface area contributed by atoms with E-state index in [1.165, 1.54) is 0 Å². The largest absolute Gasteiger partial charge is 0.496 e. The van der Waals surface area contributed by atoms with E-state index in [9.17, 15) is 4.79 Å². The average Bonchev–Trinajstić information content (AvgIpc) is 2.98. The van der Waals surface area contributed by atoms with Gasteiger partial charge in [-0.3, -0.25) is 4.79 Å². The van der Waals surface area contributed by atoms with Crippen LogP contribution in [0.5, 0.6) is 5.75 Å². The van der Waals surface area contributed by atoms with Gasteiger partial charge in [0.1, 0.15) is 5.75 Å².